The fraction of sp³-hybridized carbons (Fsp3) is 0.524. The molecule has 0 heterocycles. The second kappa shape index (κ2) is 8.81. The molecule has 0 unspecified atom stereocenters. The van der Waals surface area contributed by atoms with Gasteiger partial charge in [0.2, 0.25) is 0 Å². The standard InChI is InChI=1S/C21H28O2/c1-3-4-5-6-7-8-9-10-13-17-16(2)20(22)18-14-11-12-15-19(18)21(17)23/h11-12,14-15H,3-10,13H2,1-2H3. The van der Waals surface area contributed by atoms with Gasteiger partial charge in [-0.15, -0.1) is 0 Å². The van der Waals surface area contributed by atoms with E-state index >= 15 is 0 Å². The van der Waals surface area contributed by atoms with Crippen LogP contribution in [-0.4, -0.2) is 11.6 Å². The maximum Gasteiger partial charge on any atom is 0.190 e. The summed E-state index contributed by atoms with van der Waals surface area (Å²) in [6.07, 6.45) is 10.7. The van der Waals surface area contributed by atoms with Crippen LogP contribution >= 0.6 is 0 Å². The Morgan fingerprint density at radius 2 is 1.26 bits per heavy atom. The van der Waals surface area contributed by atoms with Gasteiger partial charge in [0, 0.05) is 22.3 Å². The number of fused-ring (bicyclic) bond motifs is 1. The average Bonchev–Trinajstić information content (AvgIpc) is 2.58. The van der Waals surface area contributed by atoms with E-state index in [1.165, 1.54) is 38.5 Å². The minimum Gasteiger partial charge on any atom is -0.289 e. The number of carbonyl (C=O) groups excluding carboxylic acids is 2. The highest BCUT2D eigenvalue weighted by molar-refractivity contribution is 6.26. The molecule has 1 aromatic rings. The van der Waals surface area contributed by atoms with Gasteiger partial charge in [-0.2, -0.15) is 0 Å². The van der Waals surface area contributed by atoms with Gasteiger partial charge in [0.1, 0.15) is 0 Å². The lowest BCUT2D eigenvalue weighted by Crippen LogP contribution is -2.20. The first-order valence-electron chi connectivity index (χ1n) is 9.05. The molecule has 0 radical (unpaired) electrons. The molecule has 2 rings (SSSR count). The first-order chi connectivity index (χ1) is 11.2. The Labute approximate surface area is 140 Å². The van der Waals surface area contributed by atoms with E-state index in [9.17, 15) is 9.59 Å². The molecule has 0 atom stereocenters. The fourth-order valence-electron chi connectivity index (χ4n) is 3.29. The van der Waals surface area contributed by atoms with Gasteiger partial charge in [0.25, 0.3) is 0 Å². The zero-order valence-electron chi connectivity index (χ0n) is 14.5. The molecule has 2 heteroatoms. The third kappa shape index (κ3) is 4.40. The van der Waals surface area contributed by atoms with Crippen LogP contribution in [0.2, 0.25) is 0 Å². The predicted molar refractivity (Wildman–Crippen MR) is 95.0 cm³/mol. The Balaban J connectivity index is 1.85. The van der Waals surface area contributed by atoms with Crippen LogP contribution in [0.5, 0.6) is 0 Å². The highest BCUT2D eigenvalue weighted by Gasteiger charge is 2.28. The lowest BCUT2D eigenvalue weighted by atomic mass is 9.82. The SMILES string of the molecule is CCCCCCCCCCC1=C(C)C(=O)c2ccccc2C1=O. The molecule has 2 nitrogen and oxygen atoms in total. The summed E-state index contributed by atoms with van der Waals surface area (Å²) in [5.41, 5.74) is 2.53. The lowest BCUT2D eigenvalue weighted by molar-refractivity contribution is 0.0971. The maximum atomic E-state index is 12.6. The Kier molecular flexibility index (Phi) is 6.76. The summed E-state index contributed by atoms with van der Waals surface area (Å²) in [5, 5.41) is 0. The van der Waals surface area contributed by atoms with Crippen LogP contribution in [0.15, 0.2) is 35.4 Å². The summed E-state index contributed by atoms with van der Waals surface area (Å²) in [6, 6.07) is 7.18. The average molecular weight is 312 g/mol. The van der Waals surface area contributed by atoms with Gasteiger partial charge in [-0.1, -0.05) is 76.1 Å². The van der Waals surface area contributed by atoms with E-state index in [0.717, 1.165) is 24.8 Å². The third-order valence-corrected chi connectivity index (χ3v) is 4.76. The van der Waals surface area contributed by atoms with Crippen molar-refractivity contribution in [2.24, 2.45) is 0 Å². The molecule has 0 fully saturated rings. The number of allylic oxidation sites excluding steroid dienone is 2. The van der Waals surface area contributed by atoms with Gasteiger partial charge >= 0.3 is 0 Å². The van der Waals surface area contributed by atoms with E-state index in [0.29, 0.717) is 16.7 Å². The number of carbonyl (C=O) groups is 2. The van der Waals surface area contributed by atoms with E-state index < -0.39 is 0 Å². The monoisotopic (exact) mass is 312 g/mol. The molecule has 0 spiro atoms. The summed E-state index contributed by atoms with van der Waals surface area (Å²) in [7, 11) is 0. The summed E-state index contributed by atoms with van der Waals surface area (Å²) in [5.74, 6) is 0.0791. The first-order valence-corrected chi connectivity index (χ1v) is 9.05. The highest BCUT2D eigenvalue weighted by atomic mass is 16.1. The van der Waals surface area contributed by atoms with Crippen LogP contribution in [0.25, 0.3) is 0 Å². The Morgan fingerprint density at radius 3 is 1.87 bits per heavy atom. The maximum absolute atomic E-state index is 12.6. The van der Waals surface area contributed by atoms with Crippen molar-refractivity contribution in [2.75, 3.05) is 0 Å². The van der Waals surface area contributed by atoms with Gasteiger partial charge in [-0.05, 0) is 19.8 Å². The number of Topliss-reactive ketones (excluding diaryl/α,β-unsaturated/α-hetero) is 2. The third-order valence-electron chi connectivity index (χ3n) is 4.76. The molecule has 0 saturated carbocycles. The highest BCUT2D eigenvalue weighted by Crippen LogP contribution is 2.29. The topological polar surface area (TPSA) is 34.1 Å². The van der Waals surface area contributed by atoms with Crippen LogP contribution in [0.1, 0.15) is 92.4 Å². The quantitative estimate of drug-likeness (QED) is 0.531. The lowest BCUT2D eigenvalue weighted by Gasteiger charge is -2.18. The van der Waals surface area contributed by atoms with Crippen molar-refractivity contribution in [3.05, 3.63) is 46.5 Å². The molecule has 1 aliphatic carbocycles. The Hall–Kier alpha value is -1.70. The van der Waals surface area contributed by atoms with Crippen molar-refractivity contribution < 1.29 is 9.59 Å². The number of rotatable bonds is 9. The minimum atomic E-state index is 0.0229. The van der Waals surface area contributed by atoms with E-state index in [4.69, 9.17) is 0 Å². The summed E-state index contributed by atoms with van der Waals surface area (Å²) >= 11 is 0. The molecular weight excluding hydrogens is 284 g/mol. The Morgan fingerprint density at radius 1 is 0.739 bits per heavy atom. The van der Waals surface area contributed by atoms with E-state index in [1.807, 2.05) is 12.1 Å². The number of hydrogen-bond donors (Lipinski definition) is 0. The second-order valence-electron chi connectivity index (χ2n) is 6.53. The molecule has 124 valence electrons. The summed E-state index contributed by atoms with van der Waals surface area (Å²) in [6.45, 7) is 4.03. The van der Waals surface area contributed by atoms with Crippen molar-refractivity contribution in [1.29, 1.82) is 0 Å². The summed E-state index contributed by atoms with van der Waals surface area (Å²) in [4.78, 5) is 25.0. The van der Waals surface area contributed by atoms with Gasteiger partial charge in [0.05, 0.1) is 0 Å². The minimum absolute atomic E-state index is 0.0229. The zero-order valence-corrected chi connectivity index (χ0v) is 14.5. The van der Waals surface area contributed by atoms with Crippen molar-refractivity contribution in [3.8, 4) is 0 Å². The van der Waals surface area contributed by atoms with Gasteiger partial charge < -0.3 is 0 Å². The molecule has 23 heavy (non-hydrogen) atoms. The predicted octanol–water partition coefficient (Wildman–Crippen LogP) is 5.91. The molecule has 0 N–H and O–H groups in total. The van der Waals surface area contributed by atoms with Crippen molar-refractivity contribution >= 4 is 11.6 Å². The second-order valence-corrected chi connectivity index (χ2v) is 6.53. The molecule has 0 bridgehead atoms. The number of ketones is 2. The first kappa shape index (κ1) is 17.7. The normalized spacial score (nSPS) is 14.3. The van der Waals surface area contributed by atoms with Crippen molar-refractivity contribution in [3.63, 3.8) is 0 Å². The largest absolute Gasteiger partial charge is 0.289 e. The number of benzene rings is 1. The molecule has 1 aliphatic rings. The van der Waals surface area contributed by atoms with Gasteiger partial charge in [-0.25, -0.2) is 0 Å². The van der Waals surface area contributed by atoms with Gasteiger partial charge in [-0.3, -0.25) is 9.59 Å². The van der Waals surface area contributed by atoms with Crippen LogP contribution in [0.4, 0.5) is 0 Å². The smallest absolute Gasteiger partial charge is 0.190 e. The molecule has 0 aliphatic heterocycles. The van der Waals surface area contributed by atoms with E-state index in [1.54, 1.807) is 19.1 Å². The number of hydrogen-bond acceptors (Lipinski definition) is 2. The zero-order chi connectivity index (χ0) is 16.7. The molecule has 0 saturated heterocycles. The van der Waals surface area contributed by atoms with Crippen LogP contribution in [0, 0.1) is 0 Å². The van der Waals surface area contributed by atoms with Crippen LogP contribution < -0.4 is 0 Å². The molecule has 0 aromatic heterocycles. The van der Waals surface area contributed by atoms with Crippen molar-refractivity contribution in [1.82, 2.24) is 0 Å². The van der Waals surface area contributed by atoms with E-state index in [-0.39, 0.29) is 11.6 Å². The van der Waals surface area contributed by atoms with Crippen LogP contribution in [0.3, 0.4) is 0 Å². The fourth-order valence-corrected chi connectivity index (χ4v) is 3.29. The van der Waals surface area contributed by atoms with E-state index in [2.05, 4.69) is 6.92 Å². The number of unbranched alkanes of at least 4 members (excludes halogenated alkanes) is 7. The van der Waals surface area contributed by atoms with Crippen molar-refractivity contribution in [2.45, 2.75) is 71.6 Å². The van der Waals surface area contributed by atoms with Crippen LogP contribution in [-0.2, 0) is 0 Å². The Bertz CT molecular complexity index is 596. The molecule has 1 aromatic carbocycles. The molecular formula is C21H28O2. The summed E-state index contributed by atoms with van der Waals surface area (Å²) < 4.78 is 0. The molecule has 0 amide bonds. The van der Waals surface area contributed by atoms with Gasteiger partial charge in [0.15, 0.2) is 11.6 Å².